The Morgan fingerprint density at radius 1 is 1.05 bits per heavy atom. The summed E-state index contributed by atoms with van der Waals surface area (Å²) in [6.45, 7) is 10.4. The molecule has 0 bridgehead atoms. The minimum Gasteiger partial charge on any atom is -0.356 e. The van der Waals surface area contributed by atoms with E-state index < -0.39 is 0 Å². The molecule has 0 aromatic heterocycles. The summed E-state index contributed by atoms with van der Waals surface area (Å²) in [5.41, 5.74) is 10.3. The highest BCUT2D eigenvalue weighted by molar-refractivity contribution is 5.79. The molecule has 0 aliphatic rings. The van der Waals surface area contributed by atoms with Gasteiger partial charge in [-0.15, -0.1) is 0 Å². The maximum absolute atomic E-state index is 5.51. The van der Waals surface area contributed by atoms with Gasteiger partial charge in [-0.25, -0.2) is 0 Å². The minimum absolute atomic E-state index is 0.892. The van der Waals surface area contributed by atoms with Crippen molar-refractivity contribution in [1.29, 1.82) is 0 Å². The Labute approximate surface area is 126 Å². The van der Waals surface area contributed by atoms with Crippen LogP contribution in [0.2, 0.25) is 0 Å². The average Bonchev–Trinajstić information content (AvgIpc) is 2.50. The Bertz CT molecular complexity index is 642. The van der Waals surface area contributed by atoms with Crippen LogP contribution in [0, 0.1) is 13.8 Å². The molecule has 4 N–H and O–H groups in total. The fourth-order valence-corrected chi connectivity index (χ4v) is 2.37. The largest absolute Gasteiger partial charge is 0.356 e. The molecule has 0 unspecified atom stereocenters. The van der Waals surface area contributed by atoms with Gasteiger partial charge in [0.25, 0.3) is 0 Å². The zero-order valence-electron chi connectivity index (χ0n) is 13.0. The first-order chi connectivity index (χ1) is 10.1. The molecule has 0 fully saturated rings. The molecule has 0 saturated heterocycles. The minimum atomic E-state index is 0.892. The molecule has 0 aliphatic carbocycles. The summed E-state index contributed by atoms with van der Waals surface area (Å²) in [7, 11) is 0. The van der Waals surface area contributed by atoms with Crippen molar-refractivity contribution in [2.45, 2.75) is 27.2 Å². The zero-order chi connectivity index (χ0) is 15.4. The Kier molecular flexibility index (Phi) is 4.66. The molecule has 0 saturated carbocycles. The summed E-state index contributed by atoms with van der Waals surface area (Å²) >= 11 is 0. The predicted octanol–water partition coefficient (Wildman–Crippen LogP) is 4.23. The molecule has 3 heteroatoms. The van der Waals surface area contributed by atoms with Crippen LogP contribution in [0.4, 0.5) is 11.4 Å². The summed E-state index contributed by atoms with van der Waals surface area (Å²) in [5, 5.41) is 3.37. The van der Waals surface area contributed by atoms with Crippen LogP contribution >= 0.6 is 0 Å². The van der Waals surface area contributed by atoms with Crippen LogP contribution in [0.5, 0.6) is 0 Å². The van der Waals surface area contributed by atoms with Crippen molar-refractivity contribution in [3.63, 3.8) is 0 Å². The number of nitrogens with one attached hydrogen (secondary N) is 2. The number of hydrogen-bond donors (Lipinski definition) is 3. The van der Waals surface area contributed by atoms with E-state index in [4.69, 9.17) is 5.84 Å². The van der Waals surface area contributed by atoms with Gasteiger partial charge in [0.1, 0.15) is 0 Å². The van der Waals surface area contributed by atoms with Crippen LogP contribution in [0.25, 0.3) is 5.70 Å². The van der Waals surface area contributed by atoms with Crippen LogP contribution in [0.1, 0.15) is 29.2 Å². The number of nitrogen functional groups attached to an aromatic ring is 1. The lowest BCUT2D eigenvalue weighted by atomic mass is 9.99. The number of benzene rings is 2. The first-order valence-electron chi connectivity index (χ1n) is 7.18. The summed E-state index contributed by atoms with van der Waals surface area (Å²) in [6, 6.07) is 12.5. The second-order valence-corrected chi connectivity index (χ2v) is 5.21. The van der Waals surface area contributed by atoms with Crippen LogP contribution in [-0.2, 0) is 6.42 Å². The van der Waals surface area contributed by atoms with E-state index in [2.05, 4.69) is 62.4 Å². The smallest absolute Gasteiger partial charge is 0.0517 e. The number of hydrogen-bond acceptors (Lipinski definition) is 3. The van der Waals surface area contributed by atoms with Crippen molar-refractivity contribution in [3.8, 4) is 0 Å². The number of nitrogens with two attached hydrogens (primary N) is 1. The Hall–Kier alpha value is -2.26. The summed E-state index contributed by atoms with van der Waals surface area (Å²) in [6.07, 6.45) is 1.05. The molecular weight excluding hydrogens is 258 g/mol. The molecule has 0 heterocycles. The molecule has 0 radical (unpaired) electrons. The number of anilines is 2. The molecule has 0 amide bonds. The van der Waals surface area contributed by atoms with Crippen molar-refractivity contribution in [2.75, 3.05) is 10.7 Å². The van der Waals surface area contributed by atoms with Crippen LogP contribution < -0.4 is 16.6 Å². The molecule has 21 heavy (non-hydrogen) atoms. The third-order valence-electron chi connectivity index (χ3n) is 3.93. The van der Waals surface area contributed by atoms with E-state index in [1.54, 1.807) is 0 Å². The standard InChI is InChI=1S/C18H23N3/c1-5-15-6-8-16(9-7-15)20-14(4)17-10-11-18(21-19)13(3)12(17)2/h6-11,20-21H,4-5,19H2,1-3H3. The molecule has 3 nitrogen and oxygen atoms in total. The molecular formula is C18H23N3. The van der Waals surface area contributed by atoms with Crippen molar-refractivity contribution >= 4 is 17.1 Å². The Morgan fingerprint density at radius 3 is 2.29 bits per heavy atom. The SMILES string of the molecule is C=C(Nc1ccc(CC)cc1)c1ccc(NN)c(C)c1C. The lowest BCUT2D eigenvalue weighted by Crippen LogP contribution is -2.10. The van der Waals surface area contributed by atoms with Crippen LogP contribution in [0.3, 0.4) is 0 Å². The molecule has 2 aromatic carbocycles. The highest BCUT2D eigenvalue weighted by Gasteiger charge is 2.08. The fourth-order valence-electron chi connectivity index (χ4n) is 2.37. The predicted molar refractivity (Wildman–Crippen MR) is 92.2 cm³/mol. The third kappa shape index (κ3) is 3.26. The number of aryl methyl sites for hydroxylation is 1. The van der Waals surface area contributed by atoms with Crippen LogP contribution in [0.15, 0.2) is 43.0 Å². The van der Waals surface area contributed by atoms with E-state index in [9.17, 15) is 0 Å². The topological polar surface area (TPSA) is 50.1 Å². The first kappa shape index (κ1) is 15.1. The van der Waals surface area contributed by atoms with Gasteiger partial charge in [-0.05, 0) is 55.2 Å². The maximum atomic E-state index is 5.51. The molecule has 2 rings (SSSR count). The van der Waals surface area contributed by atoms with E-state index in [0.717, 1.165) is 34.6 Å². The van der Waals surface area contributed by atoms with E-state index >= 15 is 0 Å². The Morgan fingerprint density at radius 2 is 1.71 bits per heavy atom. The van der Waals surface area contributed by atoms with E-state index in [1.165, 1.54) is 11.1 Å². The zero-order valence-corrected chi connectivity index (χ0v) is 13.0. The van der Waals surface area contributed by atoms with Gasteiger partial charge in [0.05, 0.1) is 5.69 Å². The van der Waals surface area contributed by atoms with Crippen molar-refractivity contribution in [3.05, 3.63) is 65.2 Å². The summed E-state index contributed by atoms with van der Waals surface area (Å²) in [5.74, 6) is 5.51. The lowest BCUT2D eigenvalue weighted by molar-refractivity contribution is 1.14. The summed E-state index contributed by atoms with van der Waals surface area (Å²) < 4.78 is 0. The van der Waals surface area contributed by atoms with Crippen molar-refractivity contribution < 1.29 is 0 Å². The van der Waals surface area contributed by atoms with E-state index in [0.29, 0.717) is 0 Å². The lowest BCUT2D eigenvalue weighted by Gasteiger charge is -2.16. The van der Waals surface area contributed by atoms with Gasteiger partial charge in [-0.2, -0.15) is 0 Å². The average molecular weight is 281 g/mol. The van der Waals surface area contributed by atoms with Crippen LogP contribution in [-0.4, -0.2) is 0 Å². The normalized spacial score (nSPS) is 10.3. The number of rotatable bonds is 5. The van der Waals surface area contributed by atoms with Crippen molar-refractivity contribution in [2.24, 2.45) is 5.84 Å². The van der Waals surface area contributed by atoms with Gasteiger partial charge >= 0.3 is 0 Å². The maximum Gasteiger partial charge on any atom is 0.0517 e. The van der Waals surface area contributed by atoms with E-state index in [-0.39, 0.29) is 0 Å². The van der Waals surface area contributed by atoms with Gasteiger partial charge in [-0.3, -0.25) is 5.84 Å². The van der Waals surface area contributed by atoms with Gasteiger partial charge in [-0.1, -0.05) is 31.7 Å². The molecule has 2 aromatic rings. The first-order valence-corrected chi connectivity index (χ1v) is 7.18. The van der Waals surface area contributed by atoms with Gasteiger partial charge in [0, 0.05) is 16.9 Å². The number of hydrazine groups is 1. The highest BCUT2D eigenvalue weighted by Crippen LogP contribution is 2.26. The molecule has 0 atom stereocenters. The van der Waals surface area contributed by atoms with Crippen molar-refractivity contribution in [1.82, 2.24) is 0 Å². The summed E-state index contributed by atoms with van der Waals surface area (Å²) in [4.78, 5) is 0. The van der Waals surface area contributed by atoms with Gasteiger partial charge in [0.15, 0.2) is 0 Å². The molecule has 0 aliphatic heterocycles. The van der Waals surface area contributed by atoms with Gasteiger partial charge in [0.2, 0.25) is 0 Å². The van der Waals surface area contributed by atoms with E-state index in [1.807, 2.05) is 12.1 Å². The molecule has 110 valence electrons. The second-order valence-electron chi connectivity index (χ2n) is 5.21. The second kappa shape index (κ2) is 6.46. The third-order valence-corrected chi connectivity index (χ3v) is 3.93. The quantitative estimate of drug-likeness (QED) is 0.567. The van der Waals surface area contributed by atoms with Gasteiger partial charge < -0.3 is 10.7 Å². The monoisotopic (exact) mass is 281 g/mol. The highest BCUT2D eigenvalue weighted by atomic mass is 15.2. The Balaban J connectivity index is 2.22. The molecule has 0 spiro atoms. The fraction of sp³-hybridized carbons (Fsp3) is 0.222.